The van der Waals surface area contributed by atoms with Crippen LogP contribution in [-0.2, 0) is 0 Å². The van der Waals surface area contributed by atoms with Gasteiger partial charge in [-0.2, -0.15) is 0 Å². The van der Waals surface area contributed by atoms with Crippen molar-refractivity contribution in [3.63, 3.8) is 0 Å². The Kier molecular flexibility index (Phi) is 7.10. The Labute approximate surface area is 180 Å². The number of carbonyl (C=O) groups excluding carboxylic acids is 1. The van der Waals surface area contributed by atoms with Gasteiger partial charge in [0.05, 0.1) is 24.3 Å². The van der Waals surface area contributed by atoms with E-state index in [1.807, 2.05) is 38.1 Å². The van der Waals surface area contributed by atoms with Gasteiger partial charge in [0.15, 0.2) is 0 Å². The van der Waals surface area contributed by atoms with Crippen LogP contribution in [0.1, 0.15) is 34.6 Å². The number of pyridine rings is 1. The molecule has 2 aromatic heterocycles. The third-order valence-corrected chi connectivity index (χ3v) is 5.00. The van der Waals surface area contributed by atoms with Crippen LogP contribution in [0, 0.1) is 6.92 Å². The third kappa shape index (κ3) is 5.18. The van der Waals surface area contributed by atoms with Gasteiger partial charge < -0.3 is 25.8 Å². The number of aromatic nitrogens is 2. The van der Waals surface area contributed by atoms with Gasteiger partial charge in [-0.1, -0.05) is 41.4 Å². The fourth-order valence-electron chi connectivity index (χ4n) is 3.08. The molecule has 1 amide bonds. The number of aromatic amines is 1. The minimum atomic E-state index is -0.510. The molecule has 0 spiro atoms. The molecule has 0 fully saturated rings. The van der Waals surface area contributed by atoms with Crippen LogP contribution in [-0.4, -0.2) is 45.3 Å². The summed E-state index contributed by atoms with van der Waals surface area (Å²) in [6.07, 6.45) is 3.21. The molecule has 0 unspecified atom stereocenters. The van der Waals surface area contributed by atoms with Crippen molar-refractivity contribution in [1.82, 2.24) is 15.3 Å². The lowest BCUT2D eigenvalue weighted by Crippen LogP contribution is -2.31. The number of anilines is 1. The number of hydrogen-bond donors (Lipinski definition) is 5. The summed E-state index contributed by atoms with van der Waals surface area (Å²) in [6.45, 7) is 3.55. The first-order chi connectivity index (χ1) is 14.4. The molecule has 0 saturated carbocycles. The van der Waals surface area contributed by atoms with Crippen molar-refractivity contribution in [3.05, 3.63) is 70.6 Å². The predicted octanol–water partition coefficient (Wildman–Crippen LogP) is 3.29. The van der Waals surface area contributed by atoms with Crippen molar-refractivity contribution < 1.29 is 15.0 Å². The van der Waals surface area contributed by atoms with E-state index in [-0.39, 0.29) is 25.2 Å². The van der Waals surface area contributed by atoms with Gasteiger partial charge in [-0.15, -0.1) is 0 Å². The van der Waals surface area contributed by atoms with E-state index in [1.54, 1.807) is 18.3 Å². The summed E-state index contributed by atoms with van der Waals surface area (Å²) >= 11 is 6.30. The number of aliphatic hydroxyl groups is 2. The molecule has 5 N–H and O–H groups in total. The fourth-order valence-corrected chi connectivity index (χ4v) is 3.29. The van der Waals surface area contributed by atoms with Crippen LogP contribution >= 0.6 is 11.6 Å². The number of H-pyrrole nitrogens is 1. The standard InChI is InChI=1S/C22H25ClN4O3/c1-13-4-3-5-15(6-13)20(12-29)27-22(30)19-7-16(9-24-19)17-8-21(25-10-18(17)23)26-14(2)11-28/h3-10,14,20,24,28-29H,11-12H2,1-2H3,(H,25,26)(H,27,30)/t14-,20+/m0/s1. The molecular weight excluding hydrogens is 404 g/mol. The van der Waals surface area contributed by atoms with E-state index in [2.05, 4.69) is 20.6 Å². The lowest BCUT2D eigenvalue weighted by Gasteiger charge is -2.16. The largest absolute Gasteiger partial charge is 0.394 e. The minimum Gasteiger partial charge on any atom is -0.394 e. The first kappa shape index (κ1) is 21.8. The number of rotatable bonds is 8. The van der Waals surface area contributed by atoms with Gasteiger partial charge in [-0.3, -0.25) is 4.79 Å². The second-order valence-electron chi connectivity index (χ2n) is 7.20. The van der Waals surface area contributed by atoms with E-state index in [4.69, 9.17) is 11.6 Å². The zero-order valence-corrected chi connectivity index (χ0v) is 17.6. The summed E-state index contributed by atoms with van der Waals surface area (Å²) < 4.78 is 0. The lowest BCUT2D eigenvalue weighted by atomic mass is 10.0. The second kappa shape index (κ2) is 9.75. The average Bonchev–Trinajstić information content (AvgIpc) is 3.23. The average molecular weight is 429 g/mol. The Morgan fingerprint density at radius 1 is 1.23 bits per heavy atom. The van der Waals surface area contributed by atoms with Crippen LogP contribution in [0.5, 0.6) is 0 Å². The topological polar surface area (TPSA) is 110 Å². The zero-order chi connectivity index (χ0) is 21.7. The number of halogens is 1. The molecule has 158 valence electrons. The van der Waals surface area contributed by atoms with Gasteiger partial charge >= 0.3 is 0 Å². The third-order valence-electron chi connectivity index (χ3n) is 4.69. The monoisotopic (exact) mass is 428 g/mol. The first-order valence-corrected chi connectivity index (χ1v) is 9.99. The van der Waals surface area contributed by atoms with E-state index in [9.17, 15) is 15.0 Å². The molecule has 0 radical (unpaired) electrons. The molecule has 0 aliphatic rings. The minimum absolute atomic E-state index is 0.0267. The maximum absolute atomic E-state index is 12.7. The molecule has 2 atom stereocenters. The molecule has 0 bridgehead atoms. The highest BCUT2D eigenvalue weighted by Gasteiger charge is 2.18. The van der Waals surface area contributed by atoms with Crippen molar-refractivity contribution in [2.75, 3.05) is 18.5 Å². The Bertz CT molecular complexity index is 1020. The maximum atomic E-state index is 12.7. The number of hydrogen-bond acceptors (Lipinski definition) is 5. The SMILES string of the molecule is Cc1cccc([C@@H](CO)NC(=O)c2cc(-c3cc(N[C@@H](C)CO)ncc3Cl)c[nH]2)c1. The second-order valence-corrected chi connectivity index (χ2v) is 7.61. The van der Waals surface area contributed by atoms with Gasteiger partial charge in [0.1, 0.15) is 11.5 Å². The zero-order valence-electron chi connectivity index (χ0n) is 16.8. The van der Waals surface area contributed by atoms with E-state index in [0.29, 0.717) is 22.1 Å². The normalized spacial score (nSPS) is 13.0. The van der Waals surface area contributed by atoms with Gasteiger partial charge in [0.2, 0.25) is 0 Å². The van der Waals surface area contributed by atoms with Gasteiger partial charge in [-0.25, -0.2) is 4.98 Å². The van der Waals surface area contributed by atoms with Crippen molar-refractivity contribution in [3.8, 4) is 11.1 Å². The van der Waals surface area contributed by atoms with Crippen molar-refractivity contribution in [1.29, 1.82) is 0 Å². The summed E-state index contributed by atoms with van der Waals surface area (Å²) in [6, 6.07) is 10.4. The van der Waals surface area contributed by atoms with Crippen molar-refractivity contribution in [2.45, 2.75) is 25.9 Å². The summed E-state index contributed by atoms with van der Waals surface area (Å²) in [7, 11) is 0. The van der Waals surface area contributed by atoms with Gasteiger partial charge in [-0.05, 0) is 31.5 Å². The van der Waals surface area contributed by atoms with Crippen LogP contribution in [0.25, 0.3) is 11.1 Å². The summed E-state index contributed by atoms with van der Waals surface area (Å²) in [5.41, 5.74) is 3.66. The molecule has 0 aliphatic heterocycles. The van der Waals surface area contributed by atoms with E-state index >= 15 is 0 Å². The number of benzene rings is 1. The number of nitrogens with zero attached hydrogens (tertiary/aromatic N) is 1. The maximum Gasteiger partial charge on any atom is 0.268 e. The van der Waals surface area contributed by atoms with Gasteiger partial charge in [0, 0.05) is 29.6 Å². The Balaban J connectivity index is 1.78. The van der Waals surface area contributed by atoms with Crippen molar-refractivity contribution in [2.24, 2.45) is 0 Å². The molecule has 1 aromatic carbocycles. The predicted molar refractivity (Wildman–Crippen MR) is 118 cm³/mol. The molecule has 3 aromatic rings. The first-order valence-electron chi connectivity index (χ1n) is 9.61. The summed E-state index contributed by atoms with van der Waals surface area (Å²) in [4.78, 5) is 19.9. The molecule has 0 aliphatic carbocycles. The molecule has 3 rings (SSSR count). The quantitative estimate of drug-likeness (QED) is 0.378. The molecule has 7 nitrogen and oxygen atoms in total. The number of carbonyl (C=O) groups is 1. The Morgan fingerprint density at radius 3 is 2.73 bits per heavy atom. The molecule has 8 heteroatoms. The molecule has 2 heterocycles. The smallest absolute Gasteiger partial charge is 0.268 e. The fraction of sp³-hybridized carbons (Fsp3) is 0.273. The number of amides is 1. The highest BCUT2D eigenvalue weighted by molar-refractivity contribution is 6.33. The molecule has 0 saturated heterocycles. The lowest BCUT2D eigenvalue weighted by molar-refractivity contribution is 0.0911. The highest BCUT2D eigenvalue weighted by atomic mass is 35.5. The Hall–Kier alpha value is -2.87. The van der Waals surface area contributed by atoms with Crippen LogP contribution in [0.3, 0.4) is 0 Å². The van der Waals surface area contributed by atoms with Crippen LogP contribution in [0.4, 0.5) is 5.82 Å². The van der Waals surface area contributed by atoms with E-state index in [0.717, 1.165) is 16.7 Å². The Morgan fingerprint density at radius 2 is 2.03 bits per heavy atom. The molecular formula is C22H25ClN4O3. The van der Waals surface area contributed by atoms with E-state index in [1.165, 1.54) is 6.20 Å². The number of nitrogens with one attached hydrogen (secondary N) is 3. The summed E-state index contributed by atoms with van der Waals surface area (Å²) in [5.74, 6) is 0.238. The van der Waals surface area contributed by atoms with Crippen LogP contribution in [0.15, 0.2) is 48.8 Å². The van der Waals surface area contributed by atoms with Crippen LogP contribution < -0.4 is 10.6 Å². The molecule has 30 heavy (non-hydrogen) atoms. The summed E-state index contributed by atoms with van der Waals surface area (Å²) in [5, 5.41) is 25.3. The van der Waals surface area contributed by atoms with Crippen LogP contribution in [0.2, 0.25) is 5.02 Å². The highest BCUT2D eigenvalue weighted by Crippen LogP contribution is 2.30. The van der Waals surface area contributed by atoms with Crippen molar-refractivity contribution >= 4 is 23.3 Å². The number of aliphatic hydroxyl groups excluding tert-OH is 2. The van der Waals surface area contributed by atoms with Gasteiger partial charge in [0.25, 0.3) is 5.91 Å². The van der Waals surface area contributed by atoms with E-state index < -0.39 is 6.04 Å². The number of aryl methyl sites for hydroxylation is 1.